The molecule has 0 radical (unpaired) electrons. The van der Waals surface area contributed by atoms with E-state index in [-0.39, 0.29) is 0 Å². The molecular formula is C10H18BBr. The van der Waals surface area contributed by atoms with Gasteiger partial charge >= 0.3 is 0 Å². The number of hydrogen-bond donors (Lipinski definition) is 0. The van der Waals surface area contributed by atoms with Crippen molar-refractivity contribution in [3.63, 3.8) is 0 Å². The Bertz CT molecular complexity index is 175. The molecule has 0 aromatic heterocycles. The van der Waals surface area contributed by atoms with Crippen molar-refractivity contribution in [3.05, 3.63) is 11.0 Å². The van der Waals surface area contributed by atoms with Gasteiger partial charge in [0.25, 0.3) is 5.54 Å². The monoisotopic (exact) mass is 228 g/mol. The molecule has 0 fully saturated rings. The SMILES string of the molecule is CCCC1=C(CCC)B(Br)CC1. The molecule has 0 aromatic rings. The molecule has 12 heavy (non-hydrogen) atoms. The van der Waals surface area contributed by atoms with Gasteiger partial charge in [-0.3, -0.25) is 0 Å². The average Bonchev–Trinajstić information content (AvgIpc) is 2.37. The molecule has 0 N–H and O–H groups in total. The summed E-state index contributed by atoms with van der Waals surface area (Å²) in [5.41, 5.74) is 4.18. The molecule has 0 saturated carbocycles. The molecule has 0 nitrogen and oxygen atoms in total. The molecule has 0 atom stereocenters. The fourth-order valence-corrected chi connectivity index (χ4v) is 2.83. The van der Waals surface area contributed by atoms with Gasteiger partial charge in [0, 0.05) is 0 Å². The Morgan fingerprint density at radius 3 is 2.50 bits per heavy atom. The first-order valence-electron chi connectivity index (χ1n) is 5.14. The highest BCUT2D eigenvalue weighted by Crippen LogP contribution is 2.34. The van der Waals surface area contributed by atoms with E-state index < -0.39 is 0 Å². The lowest BCUT2D eigenvalue weighted by molar-refractivity contribution is 0.842. The number of allylic oxidation sites excluding steroid dienone is 2. The highest BCUT2D eigenvalue weighted by Gasteiger charge is 2.24. The number of rotatable bonds is 4. The summed E-state index contributed by atoms with van der Waals surface area (Å²) in [5, 5.41) is 0. The maximum absolute atomic E-state index is 3.76. The molecule has 1 rings (SSSR count). The predicted molar refractivity (Wildman–Crippen MR) is 60.9 cm³/mol. The van der Waals surface area contributed by atoms with Gasteiger partial charge in [0.2, 0.25) is 0 Å². The van der Waals surface area contributed by atoms with Gasteiger partial charge in [-0.25, -0.2) is 0 Å². The summed E-state index contributed by atoms with van der Waals surface area (Å²) in [5.74, 6) is 0. The summed E-state index contributed by atoms with van der Waals surface area (Å²) in [6, 6.07) is 0. The fourth-order valence-electron chi connectivity index (χ4n) is 2.05. The minimum atomic E-state index is 0.707. The molecule has 0 unspecified atom stereocenters. The van der Waals surface area contributed by atoms with E-state index >= 15 is 0 Å². The first-order valence-corrected chi connectivity index (χ1v) is 6.06. The topological polar surface area (TPSA) is 0 Å². The Labute approximate surface area is 84.9 Å². The second-order valence-electron chi connectivity index (χ2n) is 3.64. The standard InChI is InChI=1S/C10H18BBr/c1-3-5-9-7-8-11(12)10(9)6-4-2/h3-8H2,1-2H3. The van der Waals surface area contributed by atoms with Crippen LogP contribution in [-0.4, -0.2) is 5.54 Å². The Kier molecular flexibility index (Phi) is 4.41. The second-order valence-corrected chi connectivity index (χ2v) is 4.74. The summed E-state index contributed by atoms with van der Waals surface area (Å²) < 4.78 is 0. The van der Waals surface area contributed by atoms with E-state index in [4.69, 9.17) is 0 Å². The molecule has 1 aliphatic rings. The van der Waals surface area contributed by atoms with Crippen molar-refractivity contribution in [2.75, 3.05) is 0 Å². The van der Waals surface area contributed by atoms with E-state index in [9.17, 15) is 0 Å². The van der Waals surface area contributed by atoms with Crippen LogP contribution in [0.25, 0.3) is 0 Å². The Morgan fingerprint density at radius 1 is 1.25 bits per heavy atom. The van der Waals surface area contributed by atoms with Gasteiger partial charge < -0.3 is 0 Å². The van der Waals surface area contributed by atoms with E-state index in [0.717, 1.165) is 0 Å². The molecule has 2 heteroatoms. The van der Waals surface area contributed by atoms with Crippen LogP contribution in [0.5, 0.6) is 0 Å². The minimum Gasteiger partial charge on any atom is -0.150 e. The third-order valence-electron chi connectivity index (χ3n) is 2.60. The molecule has 0 aromatic carbocycles. The molecular weight excluding hydrogens is 211 g/mol. The van der Waals surface area contributed by atoms with Crippen molar-refractivity contribution in [2.24, 2.45) is 0 Å². The quantitative estimate of drug-likeness (QED) is 0.633. The zero-order valence-electron chi connectivity index (χ0n) is 8.20. The van der Waals surface area contributed by atoms with Crippen LogP contribution in [0.15, 0.2) is 11.0 Å². The highest BCUT2D eigenvalue weighted by atomic mass is 79.9. The van der Waals surface area contributed by atoms with Crippen LogP contribution in [0, 0.1) is 0 Å². The summed E-state index contributed by atoms with van der Waals surface area (Å²) in [4.78, 5) is 0. The minimum absolute atomic E-state index is 0.707. The predicted octanol–water partition coefficient (Wildman–Crippen LogP) is 4.21. The first-order chi connectivity index (χ1) is 5.79. The summed E-state index contributed by atoms with van der Waals surface area (Å²) >= 11 is 3.76. The van der Waals surface area contributed by atoms with Crippen LogP contribution in [0.4, 0.5) is 0 Å². The molecule has 1 aliphatic heterocycles. The van der Waals surface area contributed by atoms with E-state index in [1.807, 2.05) is 0 Å². The lowest BCUT2D eigenvalue weighted by Crippen LogP contribution is -2.01. The van der Waals surface area contributed by atoms with Crippen molar-refractivity contribution < 1.29 is 0 Å². The average molecular weight is 229 g/mol. The van der Waals surface area contributed by atoms with E-state index in [2.05, 4.69) is 29.6 Å². The summed E-state index contributed by atoms with van der Waals surface area (Å²) in [7, 11) is 0. The van der Waals surface area contributed by atoms with Crippen molar-refractivity contribution >= 4 is 21.3 Å². The highest BCUT2D eigenvalue weighted by molar-refractivity contribution is 9.24. The third-order valence-corrected chi connectivity index (χ3v) is 3.61. The van der Waals surface area contributed by atoms with Gasteiger partial charge in [-0.05, 0) is 19.3 Å². The first kappa shape index (κ1) is 10.4. The number of halogens is 1. The zero-order valence-corrected chi connectivity index (χ0v) is 9.78. The van der Waals surface area contributed by atoms with Crippen LogP contribution in [0.2, 0.25) is 6.32 Å². The maximum atomic E-state index is 3.76. The molecule has 0 bridgehead atoms. The van der Waals surface area contributed by atoms with Crippen LogP contribution < -0.4 is 0 Å². The zero-order chi connectivity index (χ0) is 8.97. The van der Waals surface area contributed by atoms with Gasteiger partial charge in [0.1, 0.15) is 0 Å². The van der Waals surface area contributed by atoms with Crippen LogP contribution >= 0.6 is 15.8 Å². The smallest absolute Gasteiger partial charge is 0.150 e. The summed E-state index contributed by atoms with van der Waals surface area (Å²) in [6.07, 6.45) is 7.93. The van der Waals surface area contributed by atoms with Gasteiger partial charge in [-0.1, -0.05) is 44.1 Å². The lowest BCUT2D eigenvalue weighted by atomic mass is 9.68. The van der Waals surface area contributed by atoms with E-state index in [0.29, 0.717) is 5.54 Å². The van der Waals surface area contributed by atoms with Gasteiger partial charge in [0.15, 0.2) is 0 Å². The van der Waals surface area contributed by atoms with E-state index in [1.165, 1.54) is 38.4 Å². The molecule has 68 valence electrons. The van der Waals surface area contributed by atoms with Crippen molar-refractivity contribution in [1.29, 1.82) is 0 Å². The molecule has 0 saturated heterocycles. The molecule has 0 aliphatic carbocycles. The molecule has 0 spiro atoms. The summed E-state index contributed by atoms with van der Waals surface area (Å²) in [6.45, 7) is 4.55. The molecule has 1 heterocycles. The Balaban J connectivity index is 2.61. The third kappa shape index (κ3) is 2.38. The second kappa shape index (κ2) is 5.11. The normalized spacial score (nSPS) is 17.8. The Hall–Kier alpha value is 0.285. The lowest BCUT2D eigenvalue weighted by Gasteiger charge is -2.06. The maximum Gasteiger partial charge on any atom is 0.251 e. The van der Waals surface area contributed by atoms with Gasteiger partial charge in [0.05, 0.1) is 0 Å². The fraction of sp³-hybridized carbons (Fsp3) is 0.800. The number of hydrogen-bond acceptors (Lipinski definition) is 0. The van der Waals surface area contributed by atoms with Gasteiger partial charge in [-0.2, -0.15) is 15.8 Å². The van der Waals surface area contributed by atoms with Crippen molar-refractivity contribution in [1.82, 2.24) is 0 Å². The van der Waals surface area contributed by atoms with Crippen molar-refractivity contribution in [3.8, 4) is 0 Å². The van der Waals surface area contributed by atoms with Crippen LogP contribution in [-0.2, 0) is 0 Å². The van der Waals surface area contributed by atoms with Crippen molar-refractivity contribution in [2.45, 2.75) is 52.3 Å². The molecule has 0 amide bonds. The van der Waals surface area contributed by atoms with E-state index in [1.54, 1.807) is 11.0 Å². The Morgan fingerprint density at radius 2 is 1.92 bits per heavy atom. The largest absolute Gasteiger partial charge is 0.251 e. The van der Waals surface area contributed by atoms with Gasteiger partial charge in [-0.15, -0.1) is 0 Å². The van der Waals surface area contributed by atoms with Crippen LogP contribution in [0.1, 0.15) is 46.0 Å². The van der Waals surface area contributed by atoms with Crippen LogP contribution in [0.3, 0.4) is 0 Å².